The normalized spacial score (nSPS) is 13.6. The van der Waals surface area contributed by atoms with Crippen LogP contribution in [0, 0.1) is 0 Å². The molecule has 1 aromatic rings. The first-order chi connectivity index (χ1) is 4.34. The van der Waals surface area contributed by atoms with Gasteiger partial charge in [0.05, 0.1) is 12.5 Å². The Morgan fingerprint density at radius 1 is 1.78 bits per heavy atom. The summed E-state index contributed by atoms with van der Waals surface area (Å²) >= 11 is 0. The Balaban J connectivity index is 2.65. The first-order valence-electron chi connectivity index (χ1n) is 3.12. The predicted molar refractivity (Wildman–Crippen MR) is 35.9 cm³/mol. The zero-order valence-corrected chi connectivity index (χ0v) is 5.50. The van der Waals surface area contributed by atoms with Gasteiger partial charge < -0.3 is 10.2 Å². The standard InChI is InChI=1S/C7H11NO/c1-2-7(8)6-3-4-9-5-6/h3-5,7H,2,8H2,1H3/t7-/m1/s1. The molecule has 1 aromatic heterocycles. The number of hydrogen-bond acceptors (Lipinski definition) is 2. The molecule has 1 heterocycles. The Bertz CT molecular complexity index is 157. The molecule has 0 aliphatic rings. The van der Waals surface area contributed by atoms with E-state index in [1.165, 1.54) is 0 Å². The summed E-state index contributed by atoms with van der Waals surface area (Å²) in [4.78, 5) is 0. The molecule has 0 amide bonds. The van der Waals surface area contributed by atoms with Crippen molar-refractivity contribution in [1.82, 2.24) is 0 Å². The molecule has 0 spiro atoms. The van der Waals surface area contributed by atoms with Crippen molar-refractivity contribution in [2.45, 2.75) is 19.4 Å². The van der Waals surface area contributed by atoms with Crippen LogP contribution in [0.3, 0.4) is 0 Å². The van der Waals surface area contributed by atoms with Crippen molar-refractivity contribution < 1.29 is 4.42 Å². The van der Waals surface area contributed by atoms with E-state index in [-0.39, 0.29) is 6.04 Å². The van der Waals surface area contributed by atoms with Crippen molar-refractivity contribution in [2.24, 2.45) is 5.73 Å². The Morgan fingerprint density at radius 2 is 2.56 bits per heavy atom. The van der Waals surface area contributed by atoms with Gasteiger partial charge in [0.25, 0.3) is 0 Å². The van der Waals surface area contributed by atoms with Crippen molar-refractivity contribution >= 4 is 0 Å². The molecule has 2 N–H and O–H groups in total. The maximum Gasteiger partial charge on any atom is 0.0950 e. The van der Waals surface area contributed by atoms with Crippen LogP contribution in [0.15, 0.2) is 23.0 Å². The van der Waals surface area contributed by atoms with Gasteiger partial charge in [0.2, 0.25) is 0 Å². The van der Waals surface area contributed by atoms with E-state index in [2.05, 4.69) is 6.92 Å². The zero-order chi connectivity index (χ0) is 6.69. The van der Waals surface area contributed by atoms with Gasteiger partial charge in [-0.25, -0.2) is 0 Å². The maximum atomic E-state index is 5.68. The molecule has 1 rings (SSSR count). The fraction of sp³-hybridized carbons (Fsp3) is 0.429. The number of hydrogen-bond donors (Lipinski definition) is 1. The molecule has 0 unspecified atom stereocenters. The minimum atomic E-state index is 0.142. The van der Waals surface area contributed by atoms with E-state index < -0.39 is 0 Å². The van der Waals surface area contributed by atoms with Gasteiger partial charge in [0, 0.05) is 11.6 Å². The van der Waals surface area contributed by atoms with Crippen LogP contribution in [0.1, 0.15) is 24.9 Å². The second kappa shape index (κ2) is 2.69. The van der Waals surface area contributed by atoms with E-state index in [4.69, 9.17) is 10.2 Å². The second-order valence-electron chi connectivity index (χ2n) is 2.07. The van der Waals surface area contributed by atoms with Crippen LogP contribution in [0.2, 0.25) is 0 Å². The molecule has 0 aliphatic heterocycles. The van der Waals surface area contributed by atoms with Gasteiger partial charge in [-0.2, -0.15) is 0 Å². The summed E-state index contributed by atoms with van der Waals surface area (Å²) in [6.45, 7) is 2.05. The molecule has 0 aromatic carbocycles. The van der Waals surface area contributed by atoms with Crippen molar-refractivity contribution in [3.05, 3.63) is 24.2 Å². The zero-order valence-electron chi connectivity index (χ0n) is 5.50. The van der Waals surface area contributed by atoms with E-state index >= 15 is 0 Å². The third kappa shape index (κ3) is 1.33. The highest BCUT2D eigenvalue weighted by atomic mass is 16.3. The maximum absolute atomic E-state index is 5.68. The Morgan fingerprint density at radius 3 is 3.00 bits per heavy atom. The van der Waals surface area contributed by atoms with Gasteiger partial charge in [-0.05, 0) is 12.5 Å². The highest BCUT2D eigenvalue weighted by molar-refractivity contribution is 5.09. The van der Waals surface area contributed by atoms with Gasteiger partial charge in [-0.15, -0.1) is 0 Å². The summed E-state index contributed by atoms with van der Waals surface area (Å²) in [5.41, 5.74) is 6.76. The summed E-state index contributed by atoms with van der Waals surface area (Å²) < 4.78 is 4.86. The molecular weight excluding hydrogens is 114 g/mol. The fourth-order valence-electron chi connectivity index (χ4n) is 0.722. The first kappa shape index (κ1) is 6.36. The monoisotopic (exact) mass is 125 g/mol. The minimum Gasteiger partial charge on any atom is -0.472 e. The molecule has 2 heteroatoms. The smallest absolute Gasteiger partial charge is 0.0950 e. The average molecular weight is 125 g/mol. The summed E-state index contributed by atoms with van der Waals surface area (Å²) in [7, 11) is 0. The van der Waals surface area contributed by atoms with E-state index in [9.17, 15) is 0 Å². The highest BCUT2D eigenvalue weighted by Crippen LogP contribution is 2.12. The van der Waals surface area contributed by atoms with Crippen LogP contribution in [0.25, 0.3) is 0 Å². The molecular formula is C7H11NO. The third-order valence-corrected chi connectivity index (χ3v) is 1.41. The summed E-state index contributed by atoms with van der Waals surface area (Å²) in [6, 6.07) is 2.04. The second-order valence-corrected chi connectivity index (χ2v) is 2.07. The van der Waals surface area contributed by atoms with Crippen molar-refractivity contribution in [2.75, 3.05) is 0 Å². The molecule has 0 saturated carbocycles. The van der Waals surface area contributed by atoms with Crippen LogP contribution in [0.5, 0.6) is 0 Å². The molecule has 2 nitrogen and oxygen atoms in total. The van der Waals surface area contributed by atoms with E-state index in [0.29, 0.717) is 0 Å². The van der Waals surface area contributed by atoms with Crippen molar-refractivity contribution in [3.8, 4) is 0 Å². The summed E-state index contributed by atoms with van der Waals surface area (Å²) in [6.07, 6.45) is 4.29. The molecule has 0 radical (unpaired) electrons. The molecule has 50 valence electrons. The third-order valence-electron chi connectivity index (χ3n) is 1.41. The lowest BCUT2D eigenvalue weighted by Crippen LogP contribution is -2.06. The van der Waals surface area contributed by atoms with Gasteiger partial charge >= 0.3 is 0 Å². The predicted octanol–water partition coefficient (Wildman–Crippen LogP) is 1.69. The highest BCUT2D eigenvalue weighted by Gasteiger charge is 2.01. The van der Waals surface area contributed by atoms with Crippen LogP contribution >= 0.6 is 0 Å². The SMILES string of the molecule is CC[C@@H](N)c1ccoc1. The molecule has 0 saturated heterocycles. The largest absolute Gasteiger partial charge is 0.472 e. The Labute approximate surface area is 54.7 Å². The molecule has 0 bridgehead atoms. The van der Waals surface area contributed by atoms with Crippen LogP contribution in [-0.2, 0) is 0 Å². The molecule has 0 fully saturated rings. The molecule has 9 heavy (non-hydrogen) atoms. The summed E-state index contributed by atoms with van der Waals surface area (Å²) in [5, 5.41) is 0. The van der Waals surface area contributed by atoms with Gasteiger partial charge in [0.1, 0.15) is 0 Å². The Hall–Kier alpha value is -0.760. The quantitative estimate of drug-likeness (QED) is 0.653. The van der Waals surface area contributed by atoms with Crippen LogP contribution in [-0.4, -0.2) is 0 Å². The van der Waals surface area contributed by atoms with Gasteiger partial charge in [-0.1, -0.05) is 6.92 Å². The average Bonchev–Trinajstić information content (AvgIpc) is 2.37. The lowest BCUT2D eigenvalue weighted by Gasteiger charge is -2.02. The minimum absolute atomic E-state index is 0.142. The fourth-order valence-corrected chi connectivity index (χ4v) is 0.722. The van der Waals surface area contributed by atoms with Gasteiger partial charge in [0.15, 0.2) is 0 Å². The lowest BCUT2D eigenvalue weighted by molar-refractivity contribution is 0.557. The number of nitrogens with two attached hydrogens (primary N) is 1. The van der Waals surface area contributed by atoms with Crippen molar-refractivity contribution in [1.29, 1.82) is 0 Å². The number of furan rings is 1. The van der Waals surface area contributed by atoms with Gasteiger partial charge in [-0.3, -0.25) is 0 Å². The molecule has 0 aliphatic carbocycles. The van der Waals surface area contributed by atoms with E-state index in [1.54, 1.807) is 12.5 Å². The van der Waals surface area contributed by atoms with Crippen LogP contribution in [0.4, 0.5) is 0 Å². The lowest BCUT2D eigenvalue weighted by atomic mass is 10.1. The van der Waals surface area contributed by atoms with E-state index in [0.717, 1.165) is 12.0 Å². The van der Waals surface area contributed by atoms with E-state index in [1.807, 2.05) is 6.07 Å². The first-order valence-corrected chi connectivity index (χ1v) is 3.12. The van der Waals surface area contributed by atoms with Crippen LogP contribution < -0.4 is 5.73 Å². The van der Waals surface area contributed by atoms with Crippen molar-refractivity contribution in [3.63, 3.8) is 0 Å². The molecule has 1 atom stereocenters. The summed E-state index contributed by atoms with van der Waals surface area (Å²) in [5.74, 6) is 0. The Kier molecular flexibility index (Phi) is 1.90. The topological polar surface area (TPSA) is 39.2 Å². The number of rotatable bonds is 2.